The Labute approximate surface area is 185 Å². The number of hydrogen-bond donors (Lipinski definition) is 2. The maximum Gasteiger partial charge on any atom is 0.319 e. The van der Waals surface area contributed by atoms with Crippen LogP contribution in [0.5, 0.6) is 0 Å². The summed E-state index contributed by atoms with van der Waals surface area (Å²) in [6.45, 7) is 7.55. The van der Waals surface area contributed by atoms with Crippen LogP contribution in [-0.4, -0.2) is 44.7 Å². The number of carbonyl (C=O) groups is 1. The van der Waals surface area contributed by atoms with Crippen molar-refractivity contribution in [3.8, 4) is 6.07 Å². The molecule has 174 valence electrons. The maximum absolute atomic E-state index is 12.4. The Bertz CT molecular complexity index is 1090. The third kappa shape index (κ3) is 5.24. The predicted molar refractivity (Wildman–Crippen MR) is 115 cm³/mol. The van der Waals surface area contributed by atoms with Gasteiger partial charge in [0.05, 0.1) is 38.1 Å². The van der Waals surface area contributed by atoms with Gasteiger partial charge in [0.25, 0.3) is 5.56 Å². The maximum atomic E-state index is 12.4. The second-order valence-corrected chi connectivity index (χ2v) is 9.06. The van der Waals surface area contributed by atoms with Crippen LogP contribution in [0.1, 0.15) is 40.3 Å². The number of amides is 1. The van der Waals surface area contributed by atoms with E-state index in [1.807, 2.05) is 19.9 Å². The SMILES string of the molecule is CC(C)C(=O)Nc1nc2c(ncn2C2OC(CO[PH](=O)OCCC#N)C(C)C2C)c(=O)[nH]1. The van der Waals surface area contributed by atoms with Crippen molar-refractivity contribution in [1.29, 1.82) is 5.26 Å². The Morgan fingerprint density at radius 3 is 2.84 bits per heavy atom. The molecule has 2 N–H and O–H groups in total. The van der Waals surface area contributed by atoms with Gasteiger partial charge in [-0.25, -0.2) is 4.98 Å². The van der Waals surface area contributed by atoms with Crippen LogP contribution in [0.15, 0.2) is 11.1 Å². The zero-order valence-corrected chi connectivity index (χ0v) is 19.3. The van der Waals surface area contributed by atoms with Crippen LogP contribution >= 0.6 is 8.25 Å². The van der Waals surface area contributed by atoms with Crippen LogP contribution in [0.3, 0.4) is 0 Å². The summed E-state index contributed by atoms with van der Waals surface area (Å²) in [7, 11) is -2.72. The molecule has 13 heteroatoms. The van der Waals surface area contributed by atoms with Crippen molar-refractivity contribution >= 4 is 31.3 Å². The van der Waals surface area contributed by atoms with Gasteiger partial charge >= 0.3 is 8.25 Å². The van der Waals surface area contributed by atoms with Gasteiger partial charge in [0.15, 0.2) is 11.2 Å². The number of nitrogens with zero attached hydrogens (tertiary/aromatic N) is 4. The topological polar surface area (TPSA) is 161 Å². The number of imidazole rings is 1. The third-order valence-corrected chi connectivity index (χ3v) is 6.29. The first kappa shape index (κ1) is 24.1. The predicted octanol–water partition coefficient (Wildman–Crippen LogP) is 2.22. The minimum absolute atomic E-state index is 0.00220. The molecule has 2 aromatic rings. The molecule has 3 rings (SSSR count). The quantitative estimate of drug-likeness (QED) is 0.417. The number of fused-ring (bicyclic) bond motifs is 1. The summed E-state index contributed by atoms with van der Waals surface area (Å²) >= 11 is 0. The Hall–Kier alpha value is -2.58. The van der Waals surface area contributed by atoms with Gasteiger partial charge in [-0.15, -0.1) is 0 Å². The summed E-state index contributed by atoms with van der Waals surface area (Å²) in [5.41, 5.74) is -0.0574. The lowest BCUT2D eigenvalue weighted by Gasteiger charge is -2.18. The Kier molecular flexibility index (Phi) is 7.79. The summed E-state index contributed by atoms with van der Waals surface area (Å²) in [5, 5.41) is 11.1. The van der Waals surface area contributed by atoms with Crippen molar-refractivity contribution in [3.05, 3.63) is 16.7 Å². The molecule has 5 unspecified atom stereocenters. The van der Waals surface area contributed by atoms with E-state index < -0.39 is 20.0 Å². The molecule has 1 amide bonds. The van der Waals surface area contributed by atoms with Gasteiger partial charge in [-0.05, 0) is 5.92 Å². The van der Waals surface area contributed by atoms with Gasteiger partial charge in [-0.2, -0.15) is 10.2 Å². The summed E-state index contributed by atoms with van der Waals surface area (Å²) in [5.74, 6) is -0.486. The molecular weight excluding hydrogens is 439 g/mol. The molecule has 0 saturated carbocycles. The standard InChI is InChI=1S/C19H27N6O6P/c1-10(2)16(26)23-19-22-15-14(17(27)24-19)21-9-25(15)18-12(4)11(3)13(31-18)8-30-32(28)29-7-5-6-20/h9-13,18,32H,5,7-8H2,1-4H3,(H2,22,23,24,26,27). The van der Waals surface area contributed by atoms with Crippen LogP contribution in [0, 0.1) is 29.1 Å². The van der Waals surface area contributed by atoms with Gasteiger partial charge in [0.1, 0.15) is 6.23 Å². The second kappa shape index (κ2) is 10.4. The van der Waals surface area contributed by atoms with E-state index in [2.05, 4.69) is 20.3 Å². The fourth-order valence-corrected chi connectivity index (χ4v) is 3.99. The Balaban J connectivity index is 1.77. The molecule has 0 aromatic carbocycles. The van der Waals surface area contributed by atoms with Crippen molar-refractivity contribution in [1.82, 2.24) is 19.5 Å². The van der Waals surface area contributed by atoms with E-state index in [0.29, 0.717) is 0 Å². The van der Waals surface area contributed by atoms with Crippen LogP contribution < -0.4 is 10.9 Å². The highest BCUT2D eigenvalue weighted by molar-refractivity contribution is 7.33. The minimum atomic E-state index is -2.72. The van der Waals surface area contributed by atoms with E-state index >= 15 is 0 Å². The smallest absolute Gasteiger partial charge is 0.319 e. The van der Waals surface area contributed by atoms with Crippen molar-refractivity contribution in [3.63, 3.8) is 0 Å². The second-order valence-electron chi connectivity index (χ2n) is 7.98. The number of aromatic nitrogens is 4. The molecule has 0 radical (unpaired) electrons. The molecular formula is C19H27N6O6P. The minimum Gasteiger partial charge on any atom is -0.352 e. The highest BCUT2D eigenvalue weighted by Gasteiger charge is 2.41. The molecule has 1 aliphatic heterocycles. The number of anilines is 1. The number of H-pyrrole nitrogens is 1. The lowest BCUT2D eigenvalue weighted by Crippen LogP contribution is -2.23. The van der Waals surface area contributed by atoms with E-state index in [0.717, 1.165) is 0 Å². The van der Waals surface area contributed by atoms with Crippen molar-refractivity contribution in [2.75, 3.05) is 18.5 Å². The molecule has 12 nitrogen and oxygen atoms in total. The average molecular weight is 466 g/mol. The fraction of sp³-hybridized carbons (Fsp3) is 0.632. The molecule has 3 heterocycles. The van der Waals surface area contributed by atoms with E-state index in [-0.39, 0.29) is 66.5 Å². The number of ether oxygens (including phenoxy) is 1. The molecule has 1 fully saturated rings. The van der Waals surface area contributed by atoms with Crippen LogP contribution in [0.2, 0.25) is 0 Å². The molecule has 0 bridgehead atoms. The molecule has 32 heavy (non-hydrogen) atoms. The Morgan fingerprint density at radius 2 is 2.16 bits per heavy atom. The number of nitriles is 1. The summed E-state index contributed by atoms with van der Waals surface area (Å²) < 4.78 is 29.9. The normalized spacial score (nSPS) is 24.0. The van der Waals surface area contributed by atoms with Gasteiger partial charge in [-0.3, -0.25) is 29.0 Å². The zero-order valence-electron chi connectivity index (χ0n) is 18.3. The lowest BCUT2D eigenvalue weighted by molar-refractivity contribution is -0.118. The fourth-order valence-electron chi connectivity index (χ4n) is 3.34. The highest BCUT2D eigenvalue weighted by atomic mass is 31.1. The van der Waals surface area contributed by atoms with Crippen LogP contribution in [-0.2, 0) is 23.1 Å². The first-order valence-corrected chi connectivity index (χ1v) is 11.5. The molecule has 0 aliphatic carbocycles. The number of hydrogen-bond acceptors (Lipinski definition) is 9. The van der Waals surface area contributed by atoms with Gasteiger partial charge in [0, 0.05) is 11.8 Å². The largest absolute Gasteiger partial charge is 0.352 e. The summed E-state index contributed by atoms with van der Waals surface area (Å²) in [4.78, 5) is 35.5. The van der Waals surface area contributed by atoms with E-state index in [4.69, 9.17) is 19.0 Å². The number of nitrogens with one attached hydrogen (secondary N) is 2. The van der Waals surface area contributed by atoms with Crippen molar-refractivity contribution in [2.45, 2.75) is 46.4 Å². The van der Waals surface area contributed by atoms with Crippen molar-refractivity contribution < 1.29 is 23.1 Å². The lowest BCUT2D eigenvalue weighted by atomic mass is 9.93. The molecule has 1 aliphatic rings. The van der Waals surface area contributed by atoms with E-state index in [1.54, 1.807) is 18.4 Å². The van der Waals surface area contributed by atoms with Crippen molar-refractivity contribution in [2.24, 2.45) is 17.8 Å². The van der Waals surface area contributed by atoms with Gasteiger partial charge in [0.2, 0.25) is 11.9 Å². The van der Waals surface area contributed by atoms with Gasteiger partial charge in [-0.1, -0.05) is 27.7 Å². The number of rotatable bonds is 9. The van der Waals surface area contributed by atoms with Crippen LogP contribution in [0.4, 0.5) is 5.95 Å². The molecule has 5 atom stereocenters. The molecule has 0 spiro atoms. The monoisotopic (exact) mass is 466 g/mol. The zero-order chi connectivity index (χ0) is 23.4. The number of aromatic amines is 1. The third-order valence-electron chi connectivity index (χ3n) is 5.45. The highest BCUT2D eigenvalue weighted by Crippen LogP contribution is 2.41. The molecule has 1 saturated heterocycles. The van der Waals surface area contributed by atoms with Gasteiger partial charge < -0.3 is 13.8 Å². The first-order valence-electron chi connectivity index (χ1n) is 10.3. The Morgan fingerprint density at radius 1 is 1.41 bits per heavy atom. The summed E-state index contributed by atoms with van der Waals surface area (Å²) in [6, 6.07) is 1.90. The van der Waals surface area contributed by atoms with E-state index in [1.165, 1.54) is 6.33 Å². The number of carbonyl (C=O) groups excluding carboxylic acids is 1. The van der Waals surface area contributed by atoms with Crippen LogP contribution in [0.25, 0.3) is 11.2 Å². The van der Waals surface area contributed by atoms with E-state index in [9.17, 15) is 14.2 Å². The summed E-state index contributed by atoms with van der Waals surface area (Å²) in [6.07, 6.45) is 0.747. The average Bonchev–Trinajstić information content (AvgIpc) is 3.28. The molecule has 2 aromatic heterocycles. The first-order chi connectivity index (χ1) is 15.2.